The van der Waals surface area contributed by atoms with Gasteiger partial charge < -0.3 is 9.30 Å². The number of fused-ring (bicyclic) bond motifs is 1. The van der Waals surface area contributed by atoms with E-state index in [1.165, 1.54) is 12.1 Å². The van der Waals surface area contributed by atoms with Crippen LogP contribution in [-0.4, -0.2) is 20.7 Å². The van der Waals surface area contributed by atoms with Crippen molar-refractivity contribution in [3.05, 3.63) is 92.4 Å². The number of para-hydroxylation sites is 2. The number of hydrazone groups is 1. The summed E-state index contributed by atoms with van der Waals surface area (Å²) >= 11 is 3.51. The van der Waals surface area contributed by atoms with Gasteiger partial charge in [0.1, 0.15) is 12.4 Å². The molecule has 0 amide bonds. The van der Waals surface area contributed by atoms with Crippen molar-refractivity contribution in [2.24, 2.45) is 12.1 Å². The van der Waals surface area contributed by atoms with E-state index in [9.17, 15) is 10.1 Å². The van der Waals surface area contributed by atoms with Crippen LogP contribution in [0.1, 0.15) is 11.1 Å². The summed E-state index contributed by atoms with van der Waals surface area (Å²) in [6, 6.07) is 19.8. The highest BCUT2D eigenvalue weighted by Crippen LogP contribution is 2.27. The quantitative estimate of drug-likeness (QED) is 0.221. The Bertz CT molecular complexity index is 1270. The smallest absolute Gasteiger partial charge is 0.269 e. The molecule has 0 bridgehead atoms. The number of hydrogen-bond donors (Lipinski definition) is 1. The monoisotopic (exact) mass is 479 g/mol. The van der Waals surface area contributed by atoms with Crippen molar-refractivity contribution in [2.75, 3.05) is 5.43 Å². The maximum Gasteiger partial charge on any atom is 0.269 e. The number of ether oxygens (including phenoxy) is 1. The third-order valence-electron chi connectivity index (χ3n) is 4.66. The van der Waals surface area contributed by atoms with Gasteiger partial charge in [0.2, 0.25) is 5.95 Å². The first-order valence-electron chi connectivity index (χ1n) is 9.37. The van der Waals surface area contributed by atoms with E-state index in [4.69, 9.17) is 4.74 Å². The predicted molar refractivity (Wildman–Crippen MR) is 124 cm³/mol. The first-order chi connectivity index (χ1) is 15.0. The van der Waals surface area contributed by atoms with Crippen LogP contribution >= 0.6 is 15.9 Å². The number of benzene rings is 3. The van der Waals surface area contributed by atoms with Gasteiger partial charge in [-0.3, -0.25) is 10.1 Å². The van der Waals surface area contributed by atoms with Crippen molar-refractivity contribution in [1.29, 1.82) is 0 Å². The Kier molecular flexibility index (Phi) is 5.94. The molecule has 0 aliphatic rings. The van der Waals surface area contributed by atoms with E-state index in [0.717, 1.165) is 26.6 Å². The zero-order valence-electron chi connectivity index (χ0n) is 16.5. The summed E-state index contributed by atoms with van der Waals surface area (Å²) in [6.45, 7) is 0.304. The maximum atomic E-state index is 10.7. The molecule has 4 aromatic rings. The van der Waals surface area contributed by atoms with E-state index >= 15 is 0 Å². The van der Waals surface area contributed by atoms with Gasteiger partial charge in [-0.25, -0.2) is 10.4 Å². The van der Waals surface area contributed by atoms with Gasteiger partial charge in [-0.05, 0) is 69.5 Å². The number of hydrogen-bond acceptors (Lipinski definition) is 6. The van der Waals surface area contributed by atoms with Gasteiger partial charge in [0.15, 0.2) is 0 Å². The molecule has 0 atom stereocenters. The molecular weight excluding hydrogens is 462 g/mol. The second-order valence-corrected chi connectivity index (χ2v) is 7.61. The predicted octanol–water partition coefficient (Wildman–Crippen LogP) is 5.27. The number of nitrogens with zero attached hydrogens (tertiary/aromatic N) is 4. The minimum atomic E-state index is -0.424. The lowest BCUT2D eigenvalue weighted by molar-refractivity contribution is -0.384. The fourth-order valence-electron chi connectivity index (χ4n) is 3.00. The number of halogens is 1. The second kappa shape index (κ2) is 8.97. The van der Waals surface area contributed by atoms with E-state index in [1.54, 1.807) is 18.3 Å². The molecule has 1 heterocycles. The minimum absolute atomic E-state index is 0.0563. The van der Waals surface area contributed by atoms with E-state index in [-0.39, 0.29) is 5.69 Å². The van der Waals surface area contributed by atoms with E-state index < -0.39 is 4.92 Å². The van der Waals surface area contributed by atoms with Crippen LogP contribution in [-0.2, 0) is 13.7 Å². The van der Waals surface area contributed by atoms with Crippen molar-refractivity contribution < 1.29 is 9.66 Å². The number of non-ortho nitro benzene ring substituents is 1. The van der Waals surface area contributed by atoms with Crippen molar-refractivity contribution in [3.8, 4) is 5.75 Å². The van der Waals surface area contributed by atoms with Crippen LogP contribution in [0.4, 0.5) is 11.6 Å². The Morgan fingerprint density at radius 1 is 1.19 bits per heavy atom. The first-order valence-corrected chi connectivity index (χ1v) is 10.2. The lowest BCUT2D eigenvalue weighted by atomic mass is 10.2. The summed E-state index contributed by atoms with van der Waals surface area (Å²) in [4.78, 5) is 14.8. The molecule has 31 heavy (non-hydrogen) atoms. The van der Waals surface area contributed by atoms with Crippen molar-refractivity contribution >= 4 is 44.8 Å². The molecule has 0 radical (unpaired) electrons. The number of nitrogens with one attached hydrogen (secondary N) is 1. The highest BCUT2D eigenvalue weighted by atomic mass is 79.9. The van der Waals surface area contributed by atoms with Crippen LogP contribution in [0, 0.1) is 10.1 Å². The number of imidazole rings is 1. The summed E-state index contributed by atoms with van der Waals surface area (Å²) < 4.78 is 8.53. The van der Waals surface area contributed by atoms with Gasteiger partial charge in [-0.15, -0.1) is 0 Å². The molecule has 0 spiro atoms. The van der Waals surface area contributed by atoms with Gasteiger partial charge in [0.05, 0.1) is 26.6 Å². The number of aryl methyl sites for hydroxylation is 1. The first kappa shape index (κ1) is 20.5. The standard InChI is InChI=1S/C22H18BrN5O3/c1-27-20-5-3-2-4-19(20)25-22(27)26-24-13-16-8-11-21(18(23)12-16)31-14-15-6-9-17(10-7-15)28(29)30/h2-13H,14H2,1H3,(H,25,26)/b24-13-. The average molecular weight is 480 g/mol. The Morgan fingerprint density at radius 3 is 2.68 bits per heavy atom. The molecule has 3 aromatic carbocycles. The molecule has 0 aliphatic carbocycles. The van der Waals surface area contributed by atoms with E-state index in [0.29, 0.717) is 18.3 Å². The number of aromatic nitrogens is 2. The summed E-state index contributed by atoms with van der Waals surface area (Å²) in [5.41, 5.74) is 6.67. The highest BCUT2D eigenvalue weighted by Gasteiger charge is 2.07. The summed E-state index contributed by atoms with van der Waals surface area (Å²) in [5, 5.41) is 15.0. The van der Waals surface area contributed by atoms with Crippen LogP contribution in [0.25, 0.3) is 11.0 Å². The molecule has 9 heteroatoms. The van der Waals surface area contributed by atoms with Crippen molar-refractivity contribution in [1.82, 2.24) is 9.55 Å². The molecule has 0 saturated carbocycles. The minimum Gasteiger partial charge on any atom is -0.488 e. The summed E-state index contributed by atoms with van der Waals surface area (Å²) in [5.74, 6) is 1.32. The van der Waals surface area contributed by atoms with Gasteiger partial charge in [0, 0.05) is 19.2 Å². The Labute approximate surface area is 186 Å². The molecule has 0 fully saturated rings. The molecule has 4 rings (SSSR count). The molecule has 0 saturated heterocycles. The van der Waals surface area contributed by atoms with Gasteiger partial charge in [0.25, 0.3) is 5.69 Å². The zero-order chi connectivity index (χ0) is 21.8. The van der Waals surface area contributed by atoms with Crippen LogP contribution in [0.15, 0.2) is 76.3 Å². The molecule has 0 unspecified atom stereocenters. The number of nitro benzene ring substituents is 1. The highest BCUT2D eigenvalue weighted by molar-refractivity contribution is 9.10. The van der Waals surface area contributed by atoms with Crippen LogP contribution in [0.2, 0.25) is 0 Å². The summed E-state index contributed by atoms with van der Waals surface area (Å²) in [7, 11) is 1.93. The summed E-state index contributed by atoms with van der Waals surface area (Å²) in [6.07, 6.45) is 1.70. The van der Waals surface area contributed by atoms with Gasteiger partial charge >= 0.3 is 0 Å². The van der Waals surface area contributed by atoms with E-state index in [2.05, 4.69) is 31.4 Å². The molecule has 8 nitrogen and oxygen atoms in total. The van der Waals surface area contributed by atoms with Crippen molar-refractivity contribution in [3.63, 3.8) is 0 Å². The maximum absolute atomic E-state index is 10.7. The van der Waals surface area contributed by atoms with Crippen LogP contribution < -0.4 is 10.2 Å². The van der Waals surface area contributed by atoms with Crippen LogP contribution in [0.3, 0.4) is 0 Å². The van der Waals surface area contributed by atoms with Crippen molar-refractivity contribution in [2.45, 2.75) is 6.61 Å². The van der Waals surface area contributed by atoms with Gasteiger partial charge in [-0.1, -0.05) is 12.1 Å². The molecular formula is C22H18BrN5O3. The van der Waals surface area contributed by atoms with Gasteiger partial charge in [-0.2, -0.15) is 5.10 Å². The fourth-order valence-corrected chi connectivity index (χ4v) is 3.51. The molecule has 1 N–H and O–H groups in total. The molecule has 156 valence electrons. The number of nitro groups is 1. The fraction of sp³-hybridized carbons (Fsp3) is 0.0909. The third-order valence-corrected chi connectivity index (χ3v) is 5.28. The Morgan fingerprint density at radius 2 is 1.97 bits per heavy atom. The number of anilines is 1. The Balaban J connectivity index is 1.38. The molecule has 1 aromatic heterocycles. The topological polar surface area (TPSA) is 94.6 Å². The molecule has 0 aliphatic heterocycles. The second-order valence-electron chi connectivity index (χ2n) is 6.76. The lowest BCUT2D eigenvalue weighted by Gasteiger charge is -2.09. The van der Waals surface area contributed by atoms with E-state index in [1.807, 2.05) is 54.1 Å². The lowest BCUT2D eigenvalue weighted by Crippen LogP contribution is -1.99. The SMILES string of the molecule is Cn1c(N/N=C\c2ccc(OCc3ccc([N+](=O)[O-])cc3)c(Br)c2)nc2ccccc21. The zero-order valence-corrected chi connectivity index (χ0v) is 18.1. The average Bonchev–Trinajstić information content (AvgIpc) is 3.09. The normalized spacial score (nSPS) is 11.2. The van der Waals surface area contributed by atoms with Crippen LogP contribution in [0.5, 0.6) is 5.75 Å². The largest absolute Gasteiger partial charge is 0.488 e. The number of rotatable bonds is 7. The third kappa shape index (κ3) is 4.72. The Hall–Kier alpha value is -3.72.